The summed E-state index contributed by atoms with van der Waals surface area (Å²) >= 11 is 0. The number of hydrogen-bond donors (Lipinski definition) is 1. The lowest BCUT2D eigenvalue weighted by Gasteiger charge is -2.23. The fourth-order valence-corrected chi connectivity index (χ4v) is 2.81. The van der Waals surface area contributed by atoms with Crippen molar-refractivity contribution in [3.8, 4) is 0 Å². The van der Waals surface area contributed by atoms with Gasteiger partial charge in [-0.1, -0.05) is 0 Å². The molecule has 8 heteroatoms. The zero-order chi connectivity index (χ0) is 17.1. The molecule has 1 fully saturated rings. The number of aryl methyl sites for hydroxylation is 1. The fourth-order valence-electron chi connectivity index (χ4n) is 2.81. The second kappa shape index (κ2) is 6.77. The molecule has 2 aromatic heterocycles. The number of nitrogens with one attached hydrogen (secondary N) is 1. The smallest absolute Gasteiger partial charge is 0.276 e. The van der Waals surface area contributed by atoms with E-state index in [1.54, 1.807) is 24.2 Å². The van der Waals surface area contributed by atoms with Gasteiger partial charge in [-0.3, -0.25) is 19.6 Å². The SMILES string of the molecule is CC(=O)NCc1cncc([C@@H]2CCCN2C(=O)c2coc(C)n2)n1. The third-order valence-electron chi connectivity index (χ3n) is 3.91. The molecule has 1 N–H and O–H groups in total. The Kier molecular flexibility index (Phi) is 4.54. The molecule has 1 saturated heterocycles. The molecular formula is C16H19N5O3. The summed E-state index contributed by atoms with van der Waals surface area (Å²) in [6.45, 7) is 4.12. The lowest BCUT2D eigenvalue weighted by molar-refractivity contribution is -0.119. The Balaban J connectivity index is 1.79. The lowest BCUT2D eigenvalue weighted by atomic mass is 10.1. The predicted octanol–water partition coefficient (Wildman–Crippen LogP) is 1.39. The summed E-state index contributed by atoms with van der Waals surface area (Å²) in [5, 5.41) is 2.70. The molecule has 126 valence electrons. The van der Waals surface area contributed by atoms with Crippen molar-refractivity contribution in [1.82, 2.24) is 25.2 Å². The Morgan fingerprint density at radius 2 is 2.21 bits per heavy atom. The molecule has 0 unspecified atom stereocenters. The predicted molar refractivity (Wildman–Crippen MR) is 83.8 cm³/mol. The third kappa shape index (κ3) is 3.42. The van der Waals surface area contributed by atoms with Crippen LogP contribution in [-0.4, -0.2) is 38.2 Å². The van der Waals surface area contributed by atoms with Crippen LogP contribution in [0, 0.1) is 6.92 Å². The molecule has 1 aliphatic heterocycles. The van der Waals surface area contributed by atoms with Gasteiger partial charge in [0.15, 0.2) is 11.6 Å². The number of carbonyl (C=O) groups is 2. The van der Waals surface area contributed by atoms with E-state index in [2.05, 4.69) is 20.3 Å². The van der Waals surface area contributed by atoms with Crippen LogP contribution in [0.3, 0.4) is 0 Å². The summed E-state index contributed by atoms with van der Waals surface area (Å²) in [5.41, 5.74) is 1.70. The monoisotopic (exact) mass is 329 g/mol. The summed E-state index contributed by atoms with van der Waals surface area (Å²) in [5.74, 6) is 0.177. The van der Waals surface area contributed by atoms with Gasteiger partial charge in [-0.15, -0.1) is 0 Å². The van der Waals surface area contributed by atoms with E-state index in [1.165, 1.54) is 13.2 Å². The number of rotatable bonds is 4. The van der Waals surface area contributed by atoms with Crippen LogP contribution in [-0.2, 0) is 11.3 Å². The minimum Gasteiger partial charge on any atom is -0.448 e. The molecular weight excluding hydrogens is 310 g/mol. The van der Waals surface area contributed by atoms with Gasteiger partial charge in [0, 0.05) is 20.4 Å². The molecule has 1 atom stereocenters. The second-order valence-corrected chi connectivity index (χ2v) is 5.75. The Labute approximate surface area is 139 Å². The van der Waals surface area contributed by atoms with Gasteiger partial charge in [-0.05, 0) is 12.8 Å². The number of likely N-dealkylation sites (tertiary alicyclic amines) is 1. The van der Waals surface area contributed by atoms with E-state index < -0.39 is 0 Å². The molecule has 24 heavy (non-hydrogen) atoms. The third-order valence-corrected chi connectivity index (χ3v) is 3.91. The molecule has 0 aromatic carbocycles. The van der Waals surface area contributed by atoms with Gasteiger partial charge in [0.05, 0.1) is 36.4 Å². The quantitative estimate of drug-likeness (QED) is 0.909. The van der Waals surface area contributed by atoms with Crippen molar-refractivity contribution in [1.29, 1.82) is 0 Å². The van der Waals surface area contributed by atoms with Crippen molar-refractivity contribution in [2.45, 2.75) is 39.3 Å². The molecule has 2 amide bonds. The topological polar surface area (TPSA) is 101 Å². The van der Waals surface area contributed by atoms with Gasteiger partial charge >= 0.3 is 0 Å². The summed E-state index contributed by atoms with van der Waals surface area (Å²) in [7, 11) is 0. The van der Waals surface area contributed by atoms with Crippen LogP contribution in [0.2, 0.25) is 0 Å². The maximum atomic E-state index is 12.6. The average molecular weight is 329 g/mol. The van der Waals surface area contributed by atoms with Gasteiger partial charge in [-0.2, -0.15) is 0 Å². The van der Waals surface area contributed by atoms with Crippen LogP contribution in [0.5, 0.6) is 0 Å². The van der Waals surface area contributed by atoms with Gasteiger partial charge in [0.2, 0.25) is 5.91 Å². The maximum Gasteiger partial charge on any atom is 0.276 e. The standard InChI is InChI=1S/C16H19N5O3/c1-10(22)18-7-12-6-17-8-13(20-12)15-4-3-5-21(15)16(23)14-9-24-11(2)19-14/h6,8-9,15H,3-5,7H2,1-2H3,(H,18,22)/t15-/m0/s1. The molecule has 1 aliphatic rings. The van der Waals surface area contributed by atoms with Crippen LogP contribution in [0.4, 0.5) is 0 Å². The summed E-state index contributed by atoms with van der Waals surface area (Å²) in [6.07, 6.45) is 6.38. The zero-order valence-corrected chi connectivity index (χ0v) is 13.7. The van der Waals surface area contributed by atoms with Crippen LogP contribution in [0.1, 0.15) is 53.6 Å². The van der Waals surface area contributed by atoms with E-state index in [0.717, 1.165) is 18.5 Å². The summed E-state index contributed by atoms with van der Waals surface area (Å²) < 4.78 is 5.13. The van der Waals surface area contributed by atoms with Crippen molar-refractivity contribution < 1.29 is 14.0 Å². The van der Waals surface area contributed by atoms with Gasteiger partial charge in [0.1, 0.15) is 6.26 Å². The molecule has 0 spiro atoms. The van der Waals surface area contributed by atoms with Crippen LogP contribution in [0.25, 0.3) is 0 Å². The van der Waals surface area contributed by atoms with Crippen LogP contribution < -0.4 is 5.32 Å². The highest BCUT2D eigenvalue weighted by atomic mass is 16.3. The maximum absolute atomic E-state index is 12.6. The molecule has 2 aromatic rings. The highest BCUT2D eigenvalue weighted by Gasteiger charge is 2.33. The first-order valence-corrected chi connectivity index (χ1v) is 7.83. The molecule has 0 radical (unpaired) electrons. The van der Waals surface area contributed by atoms with E-state index in [-0.39, 0.29) is 17.9 Å². The Morgan fingerprint density at radius 1 is 1.38 bits per heavy atom. The van der Waals surface area contributed by atoms with E-state index in [0.29, 0.717) is 30.4 Å². The first-order valence-electron chi connectivity index (χ1n) is 7.83. The van der Waals surface area contributed by atoms with Crippen molar-refractivity contribution in [3.05, 3.63) is 41.6 Å². The Hall–Kier alpha value is -2.77. The average Bonchev–Trinajstić information content (AvgIpc) is 3.21. The zero-order valence-electron chi connectivity index (χ0n) is 13.7. The van der Waals surface area contributed by atoms with Crippen LogP contribution >= 0.6 is 0 Å². The van der Waals surface area contributed by atoms with E-state index >= 15 is 0 Å². The first kappa shape index (κ1) is 16.1. The minimum atomic E-state index is -0.164. The minimum absolute atomic E-state index is 0.124. The highest BCUT2D eigenvalue weighted by molar-refractivity contribution is 5.92. The van der Waals surface area contributed by atoms with Gasteiger partial charge in [-0.25, -0.2) is 4.98 Å². The summed E-state index contributed by atoms with van der Waals surface area (Å²) in [4.78, 5) is 38.3. The number of aromatic nitrogens is 3. The van der Waals surface area contributed by atoms with Crippen molar-refractivity contribution >= 4 is 11.8 Å². The molecule has 3 rings (SSSR count). The molecule has 0 bridgehead atoms. The Morgan fingerprint density at radius 3 is 2.92 bits per heavy atom. The number of oxazole rings is 1. The largest absolute Gasteiger partial charge is 0.448 e. The molecule has 8 nitrogen and oxygen atoms in total. The second-order valence-electron chi connectivity index (χ2n) is 5.75. The van der Waals surface area contributed by atoms with E-state index in [4.69, 9.17) is 4.42 Å². The van der Waals surface area contributed by atoms with Gasteiger partial charge in [0.25, 0.3) is 5.91 Å². The normalized spacial score (nSPS) is 17.1. The molecule has 3 heterocycles. The van der Waals surface area contributed by atoms with Crippen molar-refractivity contribution in [3.63, 3.8) is 0 Å². The summed E-state index contributed by atoms with van der Waals surface area (Å²) in [6, 6.07) is -0.140. The van der Waals surface area contributed by atoms with Gasteiger partial charge < -0.3 is 14.6 Å². The number of hydrogen-bond acceptors (Lipinski definition) is 6. The van der Waals surface area contributed by atoms with Crippen molar-refractivity contribution in [2.24, 2.45) is 0 Å². The van der Waals surface area contributed by atoms with E-state index in [9.17, 15) is 9.59 Å². The highest BCUT2D eigenvalue weighted by Crippen LogP contribution is 2.31. The Bertz CT molecular complexity index is 758. The van der Waals surface area contributed by atoms with E-state index in [1.807, 2.05) is 0 Å². The first-order chi connectivity index (χ1) is 11.5. The fraction of sp³-hybridized carbons (Fsp3) is 0.438. The number of amides is 2. The lowest BCUT2D eigenvalue weighted by Crippen LogP contribution is -2.31. The number of carbonyl (C=O) groups excluding carboxylic acids is 2. The number of nitrogens with zero attached hydrogens (tertiary/aromatic N) is 4. The molecule has 0 aliphatic carbocycles. The molecule has 0 saturated carbocycles. The van der Waals surface area contributed by atoms with Crippen LogP contribution in [0.15, 0.2) is 23.1 Å². The van der Waals surface area contributed by atoms with Crippen molar-refractivity contribution in [2.75, 3.05) is 6.54 Å².